The van der Waals surface area contributed by atoms with E-state index in [4.69, 9.17) is 0 Å². The van der Waals surface area contributed by atoms with Crippen molar-refractivity contribution in [1.29, 1.82) is 0 Å². The second-order valence-corrected chi connectivity index (χ2v) is 7.22. The van der Waals surface area contributed by atoms with Crippen LogP contribution in [0.4, 0.5) is 5.69 Å². The standard InChI is InChI=1S/C20H29N3O2/c1-22(17-6-3-2-4-7-17)15-13-21-20(25)16-9-11-18(12-10-16)23-14-5-8-19(23)24/h9-12,17H,2-8,13-15H2,1H3,(H,21,25). The second kappa shape index (κ2) is 8.48. The van der Waals surface area contributed by atoms with Gasteiger partial charge in [0.25, 0.3) is 5.91 Å². The molecule has 1 N–H and O–H groups in total. The lowest BCUT2D eigenvalue weighted by molar-refractivity contribution is -0.117. The number of carbonyl (C=O) groups excluding carboxylic acids is 2. The number of hydrogen-bond donors (Lipinski definition) is 1. The fraction of sp³-hybridized carbons (Fsp3) is 0.600. The molecule has 1 saturated heterocycles. The van der Waals surface area contributed by atoms with E-state index in [9.17, 15) is 9.59 Å². The number of carbonyl (C=O) groups is 2. The van der Waals surface area contributed by atoms with Crippen molar-refractivity contribution in [3.8, 4) is 0 Å². The molecule has 2 fully saturated rings. The van der Waals surface area contributed by atoms with Crippen molar-refractivity contribution >= 4 is 17.5 Å². The average Bonchev–Trinajstić information content (AvgIpc) is 3.08. The maximum atomic E-state index is 12.3. The fourth-order valence-electron chi connectivity index (χ4n) is 3.87. The largest absolute Gasteiger partial charge is 0.351 e. The minimum Gasteiger partial charge on any atom is -0.351 e. The van der Waals surface area contributed by atoms with E-state index in [1.165, 1.54) is 32.1 Å². The average molecular weight is 343 g/mol. The van der Waals surface area contributed by atoms with Crippen molar-refractivity contribution < 1.29 is 9.59 Å². The van der Waals surface area contributed by atoms with E-state index in [0.717, 1.165) is 25.2 Å². The molecule has 2 aliphatic rings. The Labute approximate surface area is 150 Å². The zero-order valence-electron chi connectivity index (χ0n) is 15.2. The number of nitrogens with zero attached hydrogens (tertiary/aromatic N) is 2. The highest BCUT2D eigenvalue weighted by molar-refractivity contribution is 5.97. The van der Waals surface area contributed by atoms with Gasteiger partial charge >= 0.3 is 0 Å². The van der Waals surface area contributed by atoms with E-state index in [1.54, 1.807) is 17.0 Å². The van der Waals surface area contributed by atoms with E-state index in [1.807, 2.05) is 12.1 Å². The summed E-state index contributed by atoms with van der Waals surface area (Å²) in [4.78, 5) is 28.2. The lowest BCUT2D eigenvalue weighted by Gasteiger charge is -2.31. The van der Waals surface area contributed by atoms with Crippen LogP contribution in [-0.2, 0) is 4.79 Å². The molecule has 0 aromatic heterocycles. The summed E-state index contributed by atoms with van der Waals surface area (Å²) in [7, 11) is 2.16. The Morgan fingerprint density at radius 1 is 1.16 bits per heavy atom. The maximum absolute atomic E-state index is 12.3. The molecule has 5 heteroatoms. The normalized spacial score (nSPS) is 18.8. The number of amides is 2. The van der Waals surface area contributed by atoms with Gasteiger partial charge < -0.3 is 15.1 Å². The Bertz CT molecular complexity index is 593. The Morgan fingerprint density at radius 3 is 2.52 bits per heavy atom. The molecule has 136 valence electrons. The van der Waals surface area contributed by atoms with Gasteiger partial charge in [0.1, 0.15) is 0 Å². The third-order valence-electron chi connectivity index (χ3n) is 5.46. The quantitative estimate of drug-likeness (QED) is 0.864. The number of benzene rings is 1. The third-order valence-corrected chi connectivity index (χ3v) is 5.46. The SMILES string of the molecule is CN(CCNC(=O)c1ccc(N2CCCC2=O)cc1)C1CCCCC1. The first-order valence-corrected chi connectivity index (χ1v) is 9.54. The molecule has 0 bridgehead atoms. The fourth-order valence-corrected chi connectivity index (χ4v) is 3.87. The molecule has 0 radical (unpaired) electrons. The highest BCUT2D eigenvalue weighted by Gasteiger charge is 2.22. The van der Waals surface area contributed by atoms with Gasteiger partial charge in [-0.1, -0.05) is 19.3 Å². The maximum Gasteiger partial charge on any atom is 0.251 e. The molecular formula is C20H29N3O2. The number of likely N-dealkylation sites (N-methyl/N-ethyl adjacent to an activating group) is 1. The lowest BCUT2D eigenvalue weighted by Crippen LogP contribution is -2.39. The van der Waals surface area contributed by atoms with E-state index >= 15 is 0 Å². The molecule has 1 aromatic carbocycles. The Kier molecular flexibility index (Phi) is 6.08. The zero-order chi connectivity index (χ0) is 17.6. The van der Waals surface area contributed by atoms with Gasteiger partial charge in [-0.05, 0) is 50.6 Å². The molecule has 25 heavy (non-hydrogen) atoms. The molecule has 1 aliphatic carbocycles. The third kappa shape index (κ3) is 4.60. The van der Waals surface area contributed by atoms with Gasteiger partial charge in [0.15, 0.2) is 0 Å². The van der Waals surface area contributed by atoms with Gasteiger partial charge in [0.05, 0.1) is 0 Å². The van der Waals surface area contributed by atoms with Gasteiger partial charge in [-0.2, -0.15) is 0 Å². The second-order valence-electron chi connectivity index (χ2n) is 7.22. The predicted octanol–water partition coefficient (Wildman–Crippen LogP) is 2.81. The van der Waals surface area contributed by atoms with Crippen LogP contribution in [0.15, 0.2) is 24.3 Å². The number of anilines is 1. The molecule has 5 nitrogen and oxygen atoms in total. The summed E-state index contributed by atoms with van der Waals surface area (Å²) in [6.07, 6.45) is 8.11. The summed E-state index contributed by atoms with van der Waals surface area (Å²) >= 11 is 0. The molecule has 1 heterocycles. The summed E-state index contributed by atoms with van der Waals surface area (Å²) in [5, 5.41) is 3.01. The van der Waals surface area contributed by atoms with Crippen molar-refractivity contribution in [2.24, 2.45) is 0 Å². The molecule has 0 spiro atoms. The van der Waals surface area contributed by atoms with Gasteiger partial charge in [0, 0.05) is 43.3 Å². The van der Waals surface area contributed by atoms with Crippen LogP contribution in [0.1, 0.15) is 55.3 Å². The van der Waals surface area contributed by atoms with E-state index in [2.05, 4.69) is 17.3 Å². The van der Waals surface area contributed by atoms with Crippen molar-refractivity contribution in [2.75, 3.05) is 31.6 Å². The lowest BCUT2D eigenvalue weighted by atomic mass is 9.94. The van der Waals surface area contributed by atoms with Crippen LogP contribution >= 0.6 is 0 Å². The first-order valence-electron chi connectivity index (χ1n) is 9.54. The van der Waals surface area contributed by atoms with E-state index in [0.29, 0.717) is 24.6 Å². The van der Waals surface area contributed by atoms with Crippen LogP contribution < -0.4 is 10.2 Å². The predicted molar refractivity (Wildman–Crippen MR) is 99.9 cm³/mol. The summed E-state index contributed by atoms with van der Waals surface area (Å²) < 4.78 is 0. The Balaban J connectivity index is 1.45. The van der Waals surface area contributed by atoms with Gasteiger partial charge in [-0.25, -0.2) is 0 Å². The molecule has 0 atom stereocenters. The highest BCUT2D eigenvalue weighted by atomic mass is 16.2. The van der Waals surface area contributed by atoms with Crippen molar-refractivity contribution in [1.82, 2.24) is 10.2 Å². The molecule has 1 aliphatic heterocycles. The Morgan fingerprint density at radius 2 is 1.88 bits per heavy atom. The summed E-state index contributed by atoms with van der Waals surface area (Å²) in [6, 6.07) is 8.02. The van der Waals surface area contributed by atoms with Crippen molar-refractivity contribution in [3.63, 3.8) is 0 Å². The molecule has 2 amide bonds. The molecule has 1 saturated carbocycles. The van der Waals surface area contributed by atoms with E-state index in [-0.39, 0.29) is 11.8 Å². The first-order chi connectivity index (χ1) is 12.1. The molecular weight excluding hydrogens is 314 g/mol. The summed E-state index contributed by atoms with van der Waals surface area (Å²) in [6.45, 7) is 2.33. The minimum atomic E-state index is -0.0451. The monoisotopic (exact) mass is 343 g/mol. The van der Waals surface area contributed by atoms with Crippen LogP contribution in [0.3, 0.4) is 0 Å². The van der Waals surface area contributed by atoms with Crippen LogP contribution in [-0.4, -0.2) is 49.4 Å². The van der Waals surface area contributed by atoms with Gasteiger partial charge in [-0.3, -0.25) is 9.59 Å². The minimum absolute atomic E-state index is 0.0451. The van der Waals surface area contributed by atoms with Crippen molar-refractivity contribution in [2.45, 2.75) is 51.0 Å². The highest BCUT2D eigenvalue weighted by Crippen LogP contribution is 2.22. The number of hydrogen-bond acceptors (Lipinski definition) is 3. The smallest absolute Gasteiger partial charge is 0.251 e. The van der Waals surface area contributed by atoms with Crippen LogP contribution in [0, 0.1) is 0 Å². The van der Waals surface area contributed by atoms with Gasteiger partial charge in [0.2, 0.25) is 5.91 Å². The summed E-state index contributed by atoms with van der Waals surface area (Å²) in [5.41, 5.74) is 1.53. The Hall–Kier alpha value is -1.88. The molecule has 3 rings (SSSR count). The van der Waals surface area contributed by atoms with E-state index < -0.39 is 0 Å². The van der Waals surface area contributed by atoms with Crippen molar-refractivity contribution in [3.05, 3.63) is 29.8 Å². The molecule has 0 unspecified atom stereocenters. The molecule has 1 aromatic rings. The number of rotatable bonds is 6. The first kappa shape index (κ1) is 17.9. The van der Waals surface area contributed by atoms with Gasteiger partial charge in [-0.15, -0.1) is 0 Å². The van der Waals surface area contributed by atoms with Crippen LogP contribution in [0.5, 0.6) is 0 Å². The van der Waals surface area contributed by atoms with Crippen LogP contribution in [0.25, 0.3) is 0 Å². The topological polar surface area (TPSA) is 52.7 Å². The van der Waals surface area contributed by atoms with Crippen LogP contribution in [0.2, 0.25) is 0 Å². The summed E-state index contributed by atoms with van der Waals surface area (Å²) in [5.74, 6) is 0.124. The zero-order valence-corrected chi connectivity index (χ0v) is 15.2. The number of nitrogens with one attached hydrogen (secondary N) is 1.